The number of hydrogen-bond donors (Lipinski definition) is 0. The highest BCUT2D eigenvalue weighted by molar-refractivity contribution is 5.62. The van der Waals surface area contributed by atoms with Crippen LogP contribution in [-0.4, -0.2) is 30.9 Å². The van der Waals surface area contributed by atoms with Gasteiger partial charge in [0.25, 0.3) is 0 Å². The minimum atomic E-state index is -4.51. The SMILES string of the molecule is Cn1c(-c2ccccc2C(F)(F)F)nnc1C1(C)CC=C(c2nnc(C3CC(F)(F)C3)o2)CC1. The van der Waals surface area contributed by atoms with Gasteiger partial charge < -0.3 is 8.98 Å². The van der Waals surface area contributed by atoms with Crippen molar-refractivity contribution in [1.82, 2.24) is 25.0 Å². The molecule has 0 aliphatic heterocycles. The van der Waals surface area contributed by atoms with Crippen molar-refractivity contribution in [1.29, 1.82) is 0 Å². The Morgan fingerprint density at radius 2 is 1.79 bits per heavy atom. The van der Waals surface area contributed by atoms with Gasteiger partial charge in [-0.25, -0.2) is 8.78 Å². The number of benzene rings is 1. The molecule has 2 aromatic heterocycles. The van der Waals surface area contributed by atoms with Gasteiger partial charge in [0.2, 0.25) is 17.7 Å². The van der Waals surface area contributed by atoms with Crippen molar-refractivity contribution in [2.24, 2.45) is 7.05 Å². The van der Waals surface area contributed by atoms with E-state index < -0.39 is 29.0 Å². The van der Waals surface area contributed by atoms with E-state index in [1.54, 1.807) is 17.7 Å². The average Bonchev–Trinajstić information content (AvgIpc) is 3.39. The zero-order valence-electron chi connectivity index (χ0n) is 18.5. The number of nitrogens with zero attached hydrogens (tertiary/aromatic N) is 5. The third-order valence-corrected chi connectivity index (χ3v) is 6.79. The molecule has 1 saturated carbocycles. The molecule has 0 radical (unpaired) electrons. The predicted octanol–water partition coefficient (Wildman–Crippen LogP) is 5.92. The smallest absolute Gasteiger partial charge is 0.417 e. The number of rotatable bonds is 4. The topological polar surface area (TPSA) is 69.6 Å². The zero-order valence-corrected chi connectivity index (χ0v) is 18.5. The van der Waals surface area contributed by atoms with E-state index in [4.69, 9.17) is 4.42 Å². The summed E-state index contributed by atoms with van der Waals surface area (Å²) in [5.41, 5.74) is -0.418. The third kappa shape index (κ3) is 3.90. The molecule has 0 saturated heterocycles. The summed E-state index contributed by atoms with van der Waals surface area (Å²) >= 11 is 0. The second-order valence-corrected chi connectivity index (χ2v) is 9.35. The molecule has 1 fully saturated rings. The van der Waals surface area contributed by atoms with Crippen LogP contribution in [0.3, 0.4) is 0 Å². The minimum Gasteiger partial charge on any atom is -0.421 e. The molecule has 34 heavy (non-hydrogen) atoms. The Kier molecular flexibility index (Phi) is 5.14. The lowest BCUT2D eigenvalue weighted by Crippen LogP contribution is -2.33. The van der Waals surface area contributed by atoms with Gasteiger partial charge in [0.15, 0.2) is 5.82 Å². The normalized spacial score (nSPS) is 23.0. The molecule has 1 unspecified atom stereocenters. The van der Waals surface area contributed by atoms with Crippen LogP contribution in [-0.2, 0) is 18.6 Å². The molecule has 1 atom stereocenters. The molecule has 1 aromatic carbocycles. The summed E-state index contributed by atoms with van der Waals surface area (Å²) in [6.07, 6.45) is -1.39. The fourth-order valence-electron chi connectivity index (χ4n) is 4.74. The first-order valence-corrected chi connectivity index (χ1v) is 10.9. The molecule has 0 bridgehead atoms. The Hall–Kier alpha value is -3.11. The Morgan fingerprint density at radius 1 is 1.06 bits per heavy atom. The van der Waals surface area contributed by atoms with Crippen molar-refractivity contribution >= 4 is 5.57 Å². The Labute approximate surface area is 191 Å². The molecule has 2 heterocycles. The Bertz CT molecular complexity index is 1250. The molecule has 11 heteroatoms. The van der Waals surface area contributed by atoms with E-state index in [1.165, 1.54) is 12.1 Å². The van der Waals surface area contributed by atoms with Gasteiger partial charge in [0, 0.05) is 42.4 Å². The molecule has 180 valence electrons. The van der Waals surface area contributed by atoms with E-state index in [2.05, 4.69) is 20.4 Å². The van der Waals surface area contributed by atoms with E-state index in [1.807, 2.05) is 13.0 Å². The van der Waals surface area contributed by atoms with Gasteiger partial charge in [0.1, 0.15) is 5.82 Å². The van der Waals surface area contributed by atoms with Gasteiger partial charge in [-0.2, -0.15) is 13.2 Å². The zero-order chi connectivity index (χ0) is 24.3. The van der Waals surface area contributed by atoms with E-state index in [-0.39, 0.29) is 30.1 Å². The van der Waals surface area contributed by atoms with Crippen molar-refractivity contribution in [3.63, 3.8) is 0 Å². The fourth-order valence-corrected chi connectivity index (χ4v) is 4.74. The number of alkyl halides is 5. The van der Waals surface area contributed by atoms with Gasteiger partial charge in [0.05, 0.1) is 5.56 Å². The second-order valence-electron chi connectivity index (χ2n) is 9.35. The summed E-state index contributed by atoms with van der Waals surface area (Å²) in [5.74, 6) is -1.79. The van der Waals surface area contributed by atoms with E-state index >= 15 is 0 Å². The summed E-state index contributed by atoms with van der Waals surface area (Å²) in [6, 6.07) is 5.31. The van der Waals surface area contributed by atoms with Crippen LogP contribution in [0, 0.1) is 0 Å². The lowest BCUT2D eigenvalue weighted by Gasteiger charge is -2.32. The van der Waals surface area contributed by atoms with Crippen LogP contribution in [0.5, 0.6) is 0 Å². The summed E-state index contributed by atoms with van der Waals surface area (Å²) in [6.45, 7) is 1.99. The number of allylic oxidation sites excluding steroid dienone is 2. The summed E-state index contributed by atoms with van der Waals surface area (Å²) < 4.78 is 74.0. The fraction of sp³-hybridized carbons (Fsp3) is 0.478. The number of aromatic nitrogens is 5. The molecular formula is C23H22F5N5O. The van der Waals surface area contributed by atoms with Gasteiger partial charge in [-0.1, -0.05) is 31.2 Å². The van der Waals surface area contributed by atoms with Gasteiger partial charge >= 0.3 is 6.18 Å². The molecule has 2 aliphatic rings. The molecular weight excluding hydrogens is 457 g/mol. The minimum absolute atomic E-state index is 0.0214. The van der Waals surface area contributed by atoms with Crippen LogP contribution in [0.4, 0.5) is 22.0 Å². The van der Waals surface area contributed by atoms with Crippen molar-refractivity contribution in [2.45, 2.75) is 62.5 Å². The van der Waals surface area contributed by atoms with Crippen LogP contribution in [0.25, 0.3) is 17.0 Å². The third-order valence-electron chi connectivity index (χ3n) is 6.79. The van der Waals surface area contributed by atoms with Crippen molar-refractivity contribution < 1.29 is 26.4 Å². The first kappa shape index (κ1) is 22.7. The van der Waals surface area contributed by atoms with Crippen LogP contribution in [0.15, 0.2) is 34.8 Å². The lowest BCUT2D eigenvalue weighted by molar-refractivity contribution is -0.137. The summed E-state index contributed by atoms with van der Waals surface area (Å²) in [7, 11) is 1.67. The largest absolute Gasteiger partial charge is 0.421 e. The molecule has 6 nitrogen and oxygen atoms in total. The van der Waals surface area contributed by atoms with E-state index in [9.17, 15) is 22.0 Å². The van der Waals surface area contributed by atoms with Gasteiger partial charge in [-0.05, 0) is 25.3 Å². The predicted molar refractivity (Wildman–Crippen MR) is 112 cm³/mol. The second kappa shape index (κ2) is 7.71. The van der Waals surface area contributed by atoms with Crippen LogP contribution >= 0.6 is 0 Å². The number of hydrogen-bond acceptors (Lipinski definition) is 5. The van der Waals surface area contributed by atoms with Crippen LogP contribution in [0.1, 0.15) is 68.1 Å². The molecule has 0 N–H and O–H groups in total. The maximum absolute atomic E-state index is 13.5. The molecule has 0 spiro atoms. The highest BCUT2D eigenvalue weighted by Gasteiger charge is 2.48. The first-order valence-electron chi connectivity index (χ1n) is 10.9. The standard InChI is InChI=1S/C23H22F5N5O/c1-21(20-32-29-17(33(20)2)15-5-3-4-6-16(15)23(26,27)28)9-7-13(8-10-21)18-30-31-19(34-18)14-11-22(24,25)12-14/h3-7,14H,8-12H2,1-2H3. The molecule has 3 aromatic rings. The highest BCUT2D eigenvalue weighted by atomic mass is 19.4. The van der Waals surface area contributed by atoms with E-state index in [0.29, 0.717) is 31.0 Å². The first-order chi connectivity index (χ1) is 16.0. The van der Waals surface area contributed by atoms with Crippen LogP contribution < -0.4 is 0 Å². The van der Waals surface area contributed by atoms with Crippen molar-refractivity contribution in [3.8, 4) is 11.4 Å². The average molecular weight is 479 g/mol. The van der Waals surface area contributed by atoms with Crippen molar-refractivity contribution in [2.75, 3.05) is 0 Å². The summed E-state index contributed by atoms with van der Waals surface area (Å²) in [4.78, 5) is 0. The number of halogens is 5. The summed E-state index contributed by atoms with van der Waals surface area (Å²) in [5, 5.41) is 16.3. The highest BCUT2D eigenvalue weighted by Crippen LogP contribution is 2.48. The Balaban J connectivity index is 1.37. The van der Waals surface area contributed by atoms with E-state index in [0.717, 1.165) is 11.6 Å². The maximum Gasteiger partial charge on any atom is 0.417 e. The molecule has 0 amide bonds. The Morgan fingerprint density at radius 3 is 2.44 bits per heavy atom. The molecule has 5 rings (SSSR count). The van der Waals surface area contributed by atoms with Crippen molar-refractivity contribution in [3.05, 3.63) is 53.5 Å². The van der Waals surface area contributed by atoms with Crippen LogP contribution in [0.2, 0.25) is 0 Å². The van der Waals surface area contributed by atoms with Gasteiger partial charge in [-0.3, -0.25) is 0 Å². The van der Waals surface area contributed by atoms with Gasteiger partial charge in [-0.15, -0.1) is 20.4 Å². The molecule has 2 aliphatic carbocycles. The lowest BCUT2D eigenvalue weighted by atomic mass is 9.75. The quantitative estimate of drug-likeness (QED) is 0.435. The monoisotopic (exact) mass is 479 g/mol. The maximum atomic E-state index is 13.5.